The van der Waals surface area contributed by atoms with Crippen molar-refractivity contribution in [1.29, 1.82) is 0 Å². The molecule has 2 aromatic rings. The minimum absolute atomic E-state index is 0.241. The number of rotatable bonds is 6. The minimum Gasteiger partial charge on any atom is -0.450 e. The lowest BCUT2D eigenvalue weighted by molar-refractivity contribution is 0.128. The van der Waals surface area contributed by atoms with Crippen LogP contribution in [0.4, 0.5) is 9.93 Å². The van der Waals surface area contributed by atoms with Crippen LogP contribution < -0.4 is 5.32 Å². The third-order valence-electron chi connectivity index (χ3n) is 2.64. The predicted molar refractivity (Wildman–Crippen MR) is 86.2 cm³/mol. The van der Waals surface area contributed by atoms with Gasteiger partial charge in [0.15, 0.2) is 11.7 Å². The molecule has 7 heteroatoms. The van der Waals surface area contributed by atoms with Gasteiger partial charge >= 0.3 is 6.09 Å². The molecule has 1 N–H and O–H groups in total. The average molecular weight is 319 g/mol. The monoisotopic (exact) mass is 319 g/mol. The second kappa shape index (κ2) is 8.14. The van der Waals surface area contributed by atoms with Crippen LogP contribution in [0.3, 0.4) is 0 Å². The van der Waals surface area contributed by atoms with Crippen LogP contribution in [0.1, 0.15) is 25.1 Å². The molecule has 22 heavy (non-hydrogen) atoms. The van der Waals surface area contributed by atoms with Gasteiger partial charge in [-0.25, -0.2) is 9.78 Å². The van der Waals surface area contributed by atoms with Crippen molar-refractivity contribution in [3.63, 3.8) is 0 Å². The Morgan fingerprint density at radius 3 is 2.86 bits per heavy atom. The Balaban J connectivity index is 1.85. The van der Waals surface area contributed by atoms with Crippen molar-refractivity contribution in [3.8, 4) is 0 Å². The van der Waals surface area contributed by atoms with E-state index < -0.39 is 6.09 Å². The summed E-state index contributed by atoms with van der Waals surface area (Å²) < 4.78 is 4.78. The zero-order valence-electron chi connectivity index (χ0n) is 12.4. The Bertz CT molecular complexity index is 640. The molecule has 2 rings (SSSR count). The number of nitrogens with one attached hydrogen (secondary N) is 1. The number of benzene rings is 1. The molecule has 6 nitrogen and oxygen atoms in total. The zero-order chi connectivity index (χ0) is 15.8. The molecule has 0 fully saturated rings. The van der Waals surface area contributed by atoms with Gasteiger partial charge in [0.05, 0.1) is 18.0 Å². The van der Waals surface area contributed by atoms with Crippen LogP contribution in [0.25, 0.3) is 0 Å². The molecule has 1 heterocycles. The highest BCUT2D eigenvalue weighted by atomic mass is 32.1. The fourth-order valence-electron chi connectivity index (χ4n) is 1.61. The molecule has 0 aliphatic rings. The molecule has 0 saturated carbocycles. The first-order valence-corrected chi connectivity index (χ1v) is 7.67. The summed E-state index contributed by atoms with van der Waals surface area (Å²) in [4.78, 5) is 20.8. The number of amides is 1. The number of nitrogens with zero attached hydrogens (tertiary/aromatic N) is 2. The quantitative estimate of drug-likeness (QED) is 0.651. The van der Waals surface area contributed by atoms with Crippen molar-refractivity contribution in [2.75, 3.05) is 11.9 Å². The highest BCUT2D eigenvalue weighted by Crippen LogP contribution is 2.16. The maximum atomic E-state index is 11.3. The van der Waals surface area contributed by atoms with Crippen molar-refractivity contribution in [2.24, 2.45) is 5.16 Å². The van der Waals surface area contributed by atoms with E-state index in [1.165, 1.54) is 11.3 Å². The van der Waals surface area contributed by atoms with Crippen LogP contribution in [0.5, 0.6) is 0 Å². The van der Waals surface area contributed by atoms with E-state index in [-0.39, 0.29) is 6.61 Å². The lowest BCUT2D eigenvalue weighted by atomic mass is 10.1. The number of oxime groups is 1. The van der Waals surface area contributed by atoms with E-state index in [9.17, 15) is 4.79 Å². The number of carbonyl (C=O) groups excluding carboxylic acids is 1. The molecule has 1 aromatic carbocycles. The smallest absolute Gasteiger partial charge is 0.413 e. The van der Waals surface area contributed by atoms with Gasteiger partial charge in [0.25, 0.3) is 0 Å². The second-order valence-electron chi connectivity index (χ2n) is 4.31. The highest BCUT2D eigenvalue weighted by Gasteiger charge is 2.07. The van der Waals surface area contributed by atoms with Crippen LogP contribution >= 0.6 is 11.3 Å². The number of hydrogen-bond acceptors (Lipinski definition) is 6. The Kier molecular flexibility index (Phi) is 5.91. The van der Waals surface area contributed by atoms with E-state index in [1.807, 2.05) is 37.3 Å². The topological polar surface area (TPSA) is 72.8 Å². The summed E-state index contributed by atoms with van der Waals surface area (Å²) in [5.41, 5.74) is 2.49. The Morgan fingerprint density at radius 2 is 2.14 bits per heavy atom. The molecule has 1 amide bonds. The second-order valence-corrected chi connectivity index (χ2v) is 5.16. The molecule has 0 unspecified atom stereocenters. The highest BCUT2D eigenvalue weighted by molar-refractivity contribution is 7.13. The Labute approximate surface area is 132 Å². The summed E-state index contributed by atoms with van der Waals surface area (Å²) in [6.07, 6.45) is -0.512. The van der Waals surface area contributed by atoms with Gasteiger partial charge in [-0.2, -0.15) is 0 Å². The van der Waals surface area contributed by atoms with Gasteiger partial charge in [0.1, 0.15) is 0 Å². The van der Waals surface area contributed by atoms with E-state index in [2.05, 4.69) is 15.5 Å². The summed E-state index contributed by atoms with van der Waals surface area (Å²) >= 11 is 1.31. The fourth-order valence-corrected chi connectivity index (χ4v) is 2.29. The Morgan fingerprint density at radius 1 is 1.36 bits per heavy atom. The van der Waals surface area contributed by atoms with Crippen LogP contribution in [0, 0.1) is 0 Å². The Hall–Kier alpha value is -2.41. The molecule has 0 bridgehead atoms. The molecule has 0 aliphatic carbocycles. The van der Waals surface area contributed by atoms with E-state index >= 15 is 0 Å². The third kappa shape index (κ3) is 4.85. The number of thiazole rings is 1. The largest absolute Gasteiger partial charge is 0.450 e. The van der Waals surface area contributed by atoms with Crippen LogP contribution in [-0.2, 0) is 16.2 Å². The number of anilines is 1. The molecule has 0 spiro atoms. The van der Waals surface area contributed by atoms with E-state index in [0.717, 1.165) is 11.3 Å². The maximum absolute atomic E-state index is 11.3. The van der Waals surface area contributed by atoms with Gasteiger partial charge in [-0.05, 0) is 19.4 Å². The van der Waals surface area contributed by atoms with Gasteiger partial charge in [0.2, 0.25) is 0 Å². The number of carbonyl (C=O) groups is 1. The normalized spacial score (nSPS) is 11.1. The van der Waals surface area contributed by atoms with Crippen LogP contribution in [0.15, 0.2) is 40.9 Å². The van der Waals surface area contributed by atoms with Gasteiger partial charge in [-0.15, -0.1) is 11.3 Å². The van der Waals surface area contributed by atoms with E-state index in [0.29, 0.717) is 17.4 Å². The lowest BCUT2D eigenvalue weighted by Crippen LogP contribution is -2.13. The van der Waals surface area contributed by atoms with Crippen LogP contribution in [-0.4, -0.2) is 23.4 Å². The minimum atomic E-state index is -0.512. The number of hydrogen-bond donors (Lipinski definition) is 1. The fraction of sp³-hybridized carbons (Fsp3) is 0.267. The van der Waals surface area contributed by atoms with Gasteiger partial charge in [0, 0.05) is 5.38 Å². The molecular weight excluding hydrogens is 302 g/mol. The summed E-state index contributed by atoms with van der Waals surface area (Å²) in [6, 6.07) is 9.77. The van der Waals surface area contributed by atoms with Gasteiger partial charge in [-0.3, -0.25) is 5.32 Å². The standard InChI is InChI=1S/C15H17N3O3S/c1-3-20-15(19)17-14-16-13(10-22-14)9-21-18-11(2)12-7-5-4-6-8-12/h4-8,10H,3,9H2,1-2H3,(H,16,17,19)/b18-11+. The summed E-state index contributed by atoms with van der Waals surface area (Å²) in [5.74, 6) is 0. The van der Waals surface area contributed by atoms with Crippen molar-refractivity contribution in [3.05, 3.63) is 47.0 Å². The summed E-state index contributed by atoms with van der Waals surface area (Å²) in [6.45, 7) is 4.18. The predicted octanol–water partition coefficient (Wildman–Crippen LogP) is 3.65. The molecule has 1 aromatic heterocycles. The average Bonchev–Trinajstić information content (AvgIpc) is 2.95. The van der Waals surface area contributed by atoms with E-state index in [1.54, 1.807) is 12.3 Å². The van der Waals surface area contributed by atoms with Crippen molar-refractivity contribution < 1.29 is 14.4 Å². The zero-order valence-corrected chi connectivity index (χ0v) is 13.2. The SMILES string of the molecule is CCOC(=O)Nc1nc(CO/N=C(\C)c2ccccc2)cs1. The van der Waals surface area contributed by atoms with E-state index in [4.69, 9.17) is 9.57 Å². The lowest BCUT2D eigenvalue weighted by Gasteiger charge is -2.01. The molecule has 116 valence electrons. The number of aromatic nitrogens is 1. The van der Waals surface area contributed by atoms with Crippen molar-refractivity contribution >= 4 is 28.3 Å². The first-order chi connectivity index (χ1) is 10.7. The summed E-state index contributed by atoms with van der Waals surface area (Å²) in [7, 11) is 0. The molecule has 0 radical (unpaired) electrons. The van der Waals surface area contributed by atoms with Crippen LogP contribution in [0.2, 0.25) is 0 Å². The maximum Gasteiger partial charge on any atom is 0.413 e. The molecule has 0 aliphatic heterocycles. The molecular formula is C15H17N3O3S. The molecule has 0 atom stereocenters. The number of ether oxygens (including phenoxy) is 1. The first-order valence-electron chi connectivity index (χ1n) is 6.79. The first kappa shape index (κ1) is 16.0. The van der Waals surface area contributed by atoms with Gasteiger partial charge < -0.3 is 9.57 Å². The third-order valence-corrected chi connectivity index (χ3v) is 3.45. The van der Waals surface area contributed by atoms with Gasteiger partial charge in [-0.1, -0.05) is 35.5 Å². The molecule has 0 saturated heterocycles. The summed E-state index contributed by atoms with van der Waals surface area (Å²) in [5, 5.41) is 8.88. The van der Waals surface area contributed by atoms with Crippen molar-refractivity contribution in [1.82, 2.24) is 4.98 Å². The van der Waals surface area contributed by atoms with Crippen molar-refractivity contribution in [2.45, 2.75) is 20.5 Å².